The van der Waals surface area contributed by atoms with Gasteiger partial charge in [0.1, 0.15) is 5.75 Å². The first kappa shape index (κ1) is 16.4. The first-order chi connectivity index (χ1) is 10.6. The smallest absolute Gasteiger partial charge is 0.319 e. The lowest BCUT2D eigenvalue weighted by molar-refractivity contribution is 0.250. The summed E-state index contributed by atoms with van der Waals surface area (Å²) in [5.74, 6) is 0.850. The summed E-state index contributed by atoms with van der Waals surface area (Å²) in [4.78, 5) is 11.8. The van der Waals surface area contributed by atoms with Gasteiger partial charge in [0.25, 0.3) is 0 Å². The van der Waals surface area contributed by atoms with Crippen molar-refractivity contribution in [3.63, 3.8) is 0 Å². The minimum absolute atomic E-state index is 0.220. The Labute approximate surface area is 139 Å². The zero-order valence-electron chi connectivity index (χ0n) is 12.4. The number of hydrogen-bond donors (Lipinski definition) is 2. The summed E-state index contributed by atoms with van der Waals surface area (Å²) in [6.07, 6.45) is 0.747. The average Bonchev–Trinajstić information content (AvgIpc) is 2.51. The van der Waals surface area contributed by atoms with Gasteiger partial charge in [-0.1, -0.05) is 29.8 Å². The van der Waals surface area contributed by atoms with Crippen LogP contribution in [0.1, 0.15) is 12.0 Å². The van der Waals surface area contributed by atoms with Crippen LogP contribution >= 0.6 is 15.9 Å². The molecular weight excluding hydrogens is 344 g/mol. The summed E-state index contributed by atoms with van der Waals surface area (Å²) < 4.78 is 6.46. The van der Waals surface area contributed by atoms with Gasteiger partial charge in [-0.15, -0.1) is 0 Å². The maximum atomic E-state index is 11.8. The summed E-state index contributed by atoms with van der Waals surface area (Å²) in [6.45, 7) is 3.16. The van der Waals surface area contributed by atoms with Crippen molar-refractivity contribution >= 4 is 27.6 Å². The third-order valence-electron chi connectivity index (χ3n) is 3.02. The monoisotopic (exact) mass is 362 g/mol. The molecule has 2 rings (SSSR count). The molecule has 0 aliphatic carbocycles. The SMILES string of the molecule is Cc1ccc(OCCCNC(=O)Nc2ccccc2Br)cc1. The van der Waals surface area contributed by atoms with E-state index in [2.05, 4.69) is 26.6 Å². The number of anilines is 1. The van der Waals surface area contributed by atoms with Crippen molar-refractivity contribution < 1.29 is 9.53 Å². The second-order valence-corrected chi connectivity index (χ2v) is 5.73. The van der Waals surface area contributed by atoms with Crippen LogP contribution in [0.3, 0.4) is 0 Å². The molecule has 2 amide bonds. The summed E-state index contributed by atoms with van der Waals surface area (Å²) in [5, 5.41) is 5.59. The standard InChI is InChI=1S/C17H19BrN2O2/c1-13-7-9-14(10-8-13)22-12-4-11-19-17(21)20-16-6-3-2-5-15(16)18/h2-3,5-10H,4,11-12H2,1H3,(H2,19,20,21). The number of benzene rings is 2. The maximum Gasteiger partial charge on any atom is 0.319 e. The van der Waals surface area contributed by atoms with E-state index in [1.165, 1.54) is 5.56 Å². The van der Waals surface area contributed by atoms with Gasteiger partial charge >= 0.3 is 6.03 Å². The van der Waals surface area contributed by atoms with Gasteiger partial charge in [0, 0.05) is 11.0 Å². The number of nitrogens with one attached hydrogen (secondary N) is 2. The van der Waals surface area contributed by atoms with E-state index in [0.29, 0.717) is 13.2 Å². The first-order valence-electron chi connectivity index (χ1n) is 7.14. The van der Waals surface area contributed by atoms with E-state index in [4.69, 9.17) is 4.74 Å². The predicted molar refractivity (Wildman–Crippen MR) is 92.5 cm³/mol. The Morgan fingerprint density at radius 2 is 1.86 bits per heavy atom. The van der Waals surface area contributed by atoms with Gasteiger partial charge in [-0.3, -0.25) is 0 Å². The summed E-state index contributed by atoms with van der Waals surface area (Å²) in [5.41, 5.74) is 1.95. The highest BCUT2D eigenvalue weighted by atomic mass is 79.9. The Kier molecular flexibility index (Phi) is 6.27. The Hall–Kier alpha value is -2.01. The lowest BCUT2D eigenvalue weighted by Gasteiger charge is -2.09. The lowest BCUT2D eigenvalue weighted by atomic mass is 10.2. The number of aryl methyl sites for hydroxylation is 1. The fourth-order valence-electron chi connectivity index (χ4n) is 1.83. The van der Waals surface area contributed by atoms with Crippen LogP contribution in [-0.4, -0.2) is 19.2 Å². The third kappa shape index (κ3) is 5.41. The summed E-state index contributed by atoms with van der Waals surface area (Å²) in [6, 6.07) is 15.2. The molecule has 0 saturated heterocycles. The second-order valence-electron chi connectivity index (χ2n) is 4.88. The minimum atomic E-state index is -0.220. The molecule has 0 bridgehead atoms. The number of ether oxygens (including phenoxy) is 1. The van der Waals surface area contributed by atoms with Crippen LogP contribution in [0.25, 0.3) is 0 Å². The molecule has 0 saturated carbocycles. The molecule has 116 valence electrons. The van der Waals surface area contributed by atoms with E-state index >= 15 is 0 Å². The van der Waals surface area contributed by atoms with Crippen LogP contribution < -0.4 is 15.4 Å². The number of urea groups is 1. The zero-order chi connectivity index (χ0) is 15.8. The highest BCUT2D eigenvalue weighted by Crippen LogP contribution is 2.20. The maximum absolute atomic E-state index is 11.8. The molecule has 0 aliphatic rings. The Morgan fingerprint density at radius 1 is 1.14 bits per heavy atom. The fraction of sp³-hybridized carbons (Fsp3) is 0.235. The Balaban J connectivity index is 1.63. The highest BCUT2D eigenvalue weighted by Gasteiger charge is 2.03. The van der Waals surface area contributed by atoms with E-state index < -0.39 is 0 Å². The summed E-state index contributed by atoms with van der Waals surface area (Å²) in [7, 11) is 0. The van der Waals surface area contributed by atoms with E-state index in [-0.39, 0.29) is 6.03 Å². The molecule has 0 unspecified atom stereocenters. The zero-order valence-corrected chi connectivity index (χ0v) is 14.0. The lowest BCUT2D eigenvalue weighted by Crippen LogP contribution is -2.30. The molecule has 2 aromatic rings. The normalized spacial score (nSPS) is 10.1. The van der Waals surface area contributed by atoms with Crippen LogP contribution in [-0.2, 0) is 0 Å². The Morgan fingerprint density at radius 3 is 2.59 bits per heavy atom. The van der Waals surface area contributed by atoms with Gasteiger partial charge in [-0.2, -0.15) is 0 Å². The largest absolute Gasteiger partial charge is 0.494 e. The topological polar surface area (TPSA) is 50.4 Å². The minimum Gasteiger partial charge on any atom is -0.494 e. The number of rotatable bonds is 6. The molecular formula is C17H19BrN2O2. The number of hydrogen-bond acceptors (Lipinski definition) is 2. The van der Waals surface area contributed by atoms with Crippen molar-refractivity contribution in [3.05, 3.63) is 58.6 Å². The number of amides is 2. The predicted octanol–water partition coefficient (Wildman–Crippen LogP) is 4.35. The van der Waals surface area contributed by atoms with Gasteiger partial charge < -0.3 is 15.4 Å². The van der Waals surface area contributed by atoms with Crippen LogP contribution in [0, 0.1) is 6.92 Å². The number of halogens is 1. The van der Waals surface area contributed by atoms with Crippen molar-refractivity contribution in [3.8, 4) is 5.75 Å². The van der Waals surface area contributed by atoms with Crippen molar-refractivity contribution in [2.24, 2.45) is 0 Å². The summed E-state index contributed by atoms with van der Waals surface area (Å²) >= 11 is 3.39. The van der Waals surface area contributed by atoms with Gasteiger partial charge in [0.2, 0.25) is 0 Å². The van der Waals surface area contributed by atoms with Gasteiger partial charge in [0.05, 0.1) is 12.3 Å². The van der Waals surface area contributed by atoms with E-state index in [1.807, 2.05) is 55.5 Å². The molecule has 2 N–H and O–H groups in total. The number of carbonyl (C=O) groups excluding carboxylic acids is 1. The van der Waals surface area contributed by atoms with Gasteiger partial charge in [-0.05, 0) is 53.5 Å². The van der Waals surface area contributed by atoms with Crippen molar-refractivity contribution in [2.75, 3.05) is 18.5 Å². The van der Waals surface area contributed by atoms with Crippen molar-refractivity contribution in [1.82, 2.24) is 5.32 Å². The van der Waals surface area contributed by atoms with Gasteiger partial charge in [-0.25, -0.2) is 4.79 Å². The van der Waals surface area contributed by atoms with Crippen LogP contribution in [0.4, 0.5) is 10.5 Å². The molecule has 0 atom stereocenters. The fourth-order valence-corrected chi connectivity index (χ4v) is 2.21. The third-order valence-corrected chi connectivity index (χ3v) is 3.71. The van der Waals surface area contributed by atoms with Crippen LogP contribution in [0.15, 0.2) is 53.0 Å². The molecule has 0 spiro atoms. The average molecular weight is 363 g/mol. The molecule has 2 aromatic carbocycles. The quantitative estimate of drug-likeness (QED) is 0.750. The molecule has 0 aliphatic heterocycles. The van der Waals surface area contributed by atoms with Crippen molar-refractivity contribution in [2.45, 2.75) is 13.3 Å². The van der Waals surface area contributed by atoms with E-state index in [1.54, 1.807) is 0 Å². The van der Waals surface area contributed by atoms with Gasteiger partial charge in [0.15, 0.2) is 0 Å². The Bertz CT molecular complexity index is 614. The molecule has 0 radical (unpaired) electrons. The first-order valence-corrected chi connectivity index (χ1v) is 7.93. The van der Waals surface area contributed by atoms with Crippen LogP contribution in [0.5, 0.6) is 5.75 Å². The van der Waals surface area contributed by atoms with E-state index in [9.17, 15) is 4.79 Å². The number of carbonyl (C=O) groups is 1. The molecule has 22 heavy (non-hydrogen) atoms. The number of para-hydroxylation sites is 1. The molecule has 0 aromatic heterocycles. The molecule has 0 fully saturated rings. The molecule has 4 nitrogen and oxygen atoms in total. The second kappa shape index (κ2) is 8.44. The van der Waals surface area contributed by atoms with Crippen molar-refractivity contribution in [1.29, 1.82) is 0 Å². The van der Waals surface area contributed by atoms with Crippen LogP contribution in [0.2, 0.25) is 0 Å². The highest BCUT2D eigenvalue weighted by molar-refractivity contribution is 9.10. The molecule has 5 heteroatoms. The van der Waals surface area contributed by atoms with E-state index in [0.717, 1.165) is 22.3 Å². The molecule has 0 heterocycles.